The van der Waals surface area contributed by atoms with Gasteiger partial charge in [0.2, 0.25) is 0 Å². The topological polar surface area (TPSA) is 86.3 Å². The number of fused-ring (bicyclic) bond motifs is 1. The molecule has 1 atom stereocenters. The Hall–Kier alpha value is -1.70. The molecule has 0 saturated heterocycles. The number of aromatic nitrogens is 2. The fourth-order valence-electron chi connectivity index (χ4n) is 3.25. The number of hydrogen-bond donors (Lipinski definition) is 2. The molecule has 2 aromatic rings. The number of aliphatic hydroxyl groups is 1. The van der Waals surface area contributed by atoms with E-state index in [4.69, 9.17) is 0 Å². The van der Waals surface area contributed by atoms with Crippen molar-refractivity contribution in [2.24, 2.45) is 0 Å². The van der Waals surface area contributed by atoms with Crippen LogP contribution in [-0.2, 0) is 16.4 Å². The summed E-state index contributed by atoms with van der Waals surface area (Å²) < 4.78 is 27.6. The van der Waals surface area contributed by atoms with E-state index in [9.17, 15) is 13.5 Å². The smallest absolute Gasteiger partial charge is 0.260 e. The minimum absolute atomic E-state index is 0.0668. The maximum Gasteiger partial charge on any atom is 0.260 e. The van der Waals surface area contributed by atoms with Crippen LogP contribution in [0.2, 0.25) is 0 Å². The molecule has 0 fully saturated rings. The van der Waals surface area contributed by atoms with Gasteiger partial charge >= 0.3 is 0 Å². The number of rotatable bonds is 6. The molecule has 1 aliphatic carbocycles. The Balaban J connectivity index is 1.98. The lowest BCUT2D eigenvalue weighted by molar-refractivity contribution is 0.225. The third kappa shape index (κ3) is 2.99. The molecule has 1 aromatic carbocycles. The van der Waals surface area contributed by atoms with Gasteiger partial charge in [-0.2, -0.15) is 4.31 Å². The molecule has 1 aromatic heterocycles. The van der Waals surface area contributed by atoms with Crippen LogP contribution < -0.4 is 0 Å². The number of aromatic amines is 1. The summed E-state index contributed by atoms with van der Waals surface area (Å²) in [6.45, 7) is 3.75. The van der Waals surface area contributed by atoms with E-state index < -0.39 is 10.0 Å². The number of hydrogen-bond acceptors (Lipinski definition) is 4. The lowest BCUT2D eigenvalue weighted by Crippen LogP contribution is -2.36. The van der Waals surface area contributed by atoms with Crippen LogP contribution in [0.1, 0.15) is 49.2 Å². The van der Waals surface area contributed by atoms with E-state index in [2.05, 4.69) is 9.97 Å². The van der Waals surface area contributed by atoms with Gasteiger partial charge in [0.25, 0.3) is 10.0 Å². The number of imidazole rings is 1. The molecule has 0 bridgehead atoms. The van der Waals surface area contributed by atoms with E-state index in [1.807, 2.05) is 38.1 Å². The normalized spacial score (nSPS) is 17.6. The minimum Gasteiger partial charge on any atom is -0.395 e. The van der Waals surface area contributed by atoms with E-state index in [-0.39, 0.29) is 30.1 Å². The highest BCUT2D eigenvalue weighted by molar-refractivity contribution is 7.89. The first-order valence-electron chi connectivity index (χ1n) is 8.20. The fourth-order valence-corrected chi connectivity index (χ4v) is 4.79. The van der Waals surface area contributed by atoms with Crippen molar-refractivity contribution >= 4 is 10.0 Å². The van der Waals surface area contributed by atoms with Crippen LogP contribution in [0.3, 0.4) is 0 Å². The van der Waals surface area contributed by atoms with Gasteiger partial charge in [-0.15, -0.1) is 0 Å². The summed E-state index contributed by atoms with van der Waals surface area (Å²) in [5.74, 6) is 0.761. The second-order valence-electron chi connectivity index (χ2n) is 6.38. The van der Waals surface area contributed by atoms with Crippen LogP contribution in [0.15, 0.2) is 35.5 Å². The van der Waals surface area contributed by atoms with Gasteiger partial charge in [-0.05, 0) is 24.0 Å². The molecule has 7 heteroatoms. The summed E-state index contributed by atoms with van der Waals surface area (Å²) >= 11 is 0. The predicted octanol–water partition coefficient (Wildman–Crippen LogP) is 2.20. The van der Waals surface area contributed by atoms with Gasteiger partial charge in [0.15, 0.2) is 5.03 Å². The Morgan fingerprint density at radius 2 is 2.12 bits per heavy atom. The summed E-state index contributed by atoms with van der Waals surface area (Å²) in [5.41, 5.74) is 2.20. The highest BCUT2D eigenvalue weighted by Crippen LogP contribution is 2.38. The van der Waals surface area contributed by atoms with Gasteiger partial charge in [-0.25, -0.2) is 13.4 Å². The summed E-state index contributed by atoms with van der Waals surface area (Å²) in [4.78, 5) is 7.09. The first kappa shape index (κ1) is 17.1. The zero-order chi connectivity index (χ0) is 17.3. The second kappa shape index (κ2) is 6.66. The van der Waals surface area contributed by atoms with Crippen molar-refractivity contribution in [1.82, 2.24) is 14.3 Å². The highest BCUT2D eigenvalue weighted by Gasteiger charge is 2.36. The minimum atomic E-state index is -3.75. The molecule has 0 amide bonds. The van der Waals surface area contributed by atoms with Crippen molar-refractivity contribution in [3.05, 3.63) is 47.4 Å². The van der Waals surface area contributed by atoms with Crippen molar-refractivity contribution in [2.75, 3.05) is 13.2 Å². The Morgan fingerprint density at radius 3 is 2.79 bits per heavy atom. The molecule has 0 aliphatic heterocycles. The molecule has 6 nitrogen and oxygen atoms in total. The predicted molar refractivity (Wildman–Crippen MR) is 91.2 cm³/mol. The van der Waals surface area contributed by atoms with Crippen molar-refractivity contribution in [3.63, 3.8) is 0 Å². The van der Waals surface area contributed by atoms with Crippen LogP contribution in [0.25, 0.3) is 0 Å². The van der Waals surface area contributed by atoms with Crippen LogP contribution in [0.5, 0.6) is 0 Å². The molecular weight excluding hydrogens is 326 g/mol. The average Bonchev–Trinajstić information content (AvgIpc) is 3.20. The van der Waals surface area contributed by atoms with Gasteiger partial charge in [-0.3, -0.25) is 0 Å². The van der Waals surface area contributed by atoms with Gasteiger partial charge in [0, 0.05) is 12.5 Å². The molecule has 1 aliphatic rings. The van der Waals surface area contributed by atoms with Crippen LogP contribution in [0.4, 0.5) is 0 Å². The van der Waals surface area contributed by atoms with Crippen LogP contribution in [0, 0.1) is 0 Å². The molecule has 3 rings (SSSR count). The monoisotopic (exact) mass is 349 g/mol. The number of nitrogens with zero attached hydrogens (tertiary/aromatic N) is 2. The van der Waals surface area contributed by atoms with Crippen molar-refractivity contribution in [2.45, 2.75) is 43.7 Å². The van der Waals surface area contributed by atoms with E-state index >= 15 is 0 Å². The van der Waals surface area contributed by atoms with E-state index in [0.29, 0.717) is 5.82 Å². The van der Waals surface area contributed by atoms with Gasteiger partial charge in [-0.1, -0.05) is 38.1 Å². The summed E-state index contributed by atoms with van der Waals surface area (Å²) in [6, 6.07) is 7.65. The number of H-pyrrole nitrogens is 1. The maximum absolute atomic E-state index is 13.1. The molecular formula is C17H23N3O3S. The highest BCUT2D eigenvalue weighted by atomic mass is 32.2. The van der Waals surface area contributed by atoms with Crippen molar-refractivity contribution in [1.29, 1.82) is 0 Å². The molecule has 2 N–H and O–H groups in total. The number of aryl methyl sites for hydroxylation is 1. The Bertz CT molecular complexity index is 814. The first-order chi connectivity index (χ1) is 11.4. The molecule has 0 spiro atoms. The van der Waals surface area contributed by atoms with Gasteiger partial charge < -0.3 is 10.1 Å². The van der Waals surface area contributed by atoms with Crippen molar-refractivity contribution < 1.29 is 13.5 Å². The van der Waals surface area contributed by atoms with E-state index in [0.717, 1.165) is 18.4 Å². The summed E-state index contributed by atoms with van der Waals surface area (Å²) in [6.07, 6.45) is 2.94. The molecule has 1 heterocycles. The molecule has 130 valence electrons. The number of aliphatic hydroxyl groups excluding tert-OH is 1. The first-order valence-corrected chi connectivity index (χ1v) is 9.64. The number of nitrogens with one attached hydrogen (secondary N) is 1. The maximum atomic E-state index is 13.1. The SMILES string of the molecule is CC(C)c1ncc(S(=O)(=O)N(CCO)C2CCc3ccccc32)[nH]1. The van der Waals surface area contributed by atoms with E-state index in [1.54, 1.807) is 0 Å². The third-order valence-corrected chi connectivity index (χ3v) is 6.29. The van der Waals surface area contributed by atoms with Crippen LogP contribution >= 0.6 is 0 Å². The summed E-state index contributed by atoms with van der Waals surface area (Å²) in [7, 11) is -3.75. The number of benzene rings is 1. The zero-order valence-electron chi connectivity index (χ0n) is 13.9. The van der Waals surface area contributed by atoms with Gasteiger partial charge in [0.05, 0.1) is 18.8 Å². The lowest BCUT2D eigenvalue weighted by Gasteiger charge is -2.27. The van der Waals surface area contributed by atoms with Crippen LogP contribution in [-0.4, -0.2) is 40.9 Å². The lowest BCUT2D eigenvalue weighted by atomic mass is 10.1. The third-order valence-electron chi connectivity index (χ3n) is 4.47. The largest absolute Gasteiger partial charge is 0.395 e. The zero-order valence-corrected chi connectivity index (χ0v) is 14.8. The second-order valence-corrected chi connectivity index (χ2v) is 8.24. The number of sulfonamides is 1. The summed E-state index contributed by atoms with van der Waals surface area (Å²) in [5, 5.41) is 9.50. The van der Waals surface area contributed by atoms with Gasteiger partial charge in [0.1, 0.15) is 5.82 Å². The molecule has 0 saturated carbocycles. The molecule has 0 radical (unpaired) electrons. The Kier molecular flexibility index (Phi) is 4.76. The Morgan fingerprint density at radius 1 is 1.38 bits per heavy atom. The van der Waals surface area contributed by atoms with Crippen molar-refractivity contribution in [3.8, 4) is 0 Å². The molecule has 24 heavy (non-hydrogen) atoms. The standard InChI is InChI=1S/C17H23N3O3S/c1-12(2)17-18-11-16(19-17)24(22,23)20(9-10-21)15-8-7-13-5-3-4-6-14(13)15/h3-6,11-12,15,21H,7-10H2,1-2H3,(H,18,19). The Labute approximate surface area is 142 Å². The fraction of sp³-hybridized carbons (Fsp3) is 0.471. The van der Waals surface area contributed by atoms with E-state index in [1.165, 1.54) is 16.1 Å². The molecule has 1 unspecified atom stereocenters. The quantitative estimate of drug-likeness (QED) is 0.837. The average molecular weight is 349 g/mol.